The molecule has 0 radical (unpaired) electrons. The van der Waals surface area contributed by atoms with Gasteiger partial charge >= 0.3 is 5.97 Å². The van der Waals surface area contributed by atoms with Crippen LogP contribution >= 0.6 is 11.6 Å². The molecule has 0 atom stereocenters. The van der Waals surface area contributed by atoms with E-state index in [2.05, 4.69) is 5.10 Å². The SMILES string of the molecule is CC(C)c1cc(C(=O)N(CC(=O)O)Cc2ccc(Cl)cc2)n(C)n1. The van der Waals surface area contributed by atoms with Crippen LogP contribution in [0.25, 0.3) is 0 Å². The second-order valence-corrected chi connectivity index (χ2v) is 6.35. The summed E-state index contributed by atoms with van der Waals surface area (Å²) in [5.41, 5.74) is 1.97. The Morgan fingerprint density at radius 3 is 2.42 bits per heavy atom. The van der Waals surface area contributed by atoms with Crippen molar-refractivity contribution in [1.82, 2.24) is 14.7 Å². The number of carboxylic acids is 1. The molecule has 1 aromatic carbocycles. The van der Waals surface area contributed by atoms with Crippen molar-refractivity contribution in [3.05, 3.63) is 52.3 Å². The van der Waals surface area contributed by atoms with E-state index in [-0.39, 0.29) is 24.9 Å². The van der Waals surface area contributed by atoms with E-state index in [4.69, 9.17) is 16.7 Å². The molecule has 1 N–H and O–H groups in total. The molecule has 0 spiro atoms. The van der Waals surface area contributed by atoms with Crippen LogP contribution in [0.4, 0.5) is 0 Å². The van der Waals surface area contributed by atoms with Gasteiger partial charge in [-0.1, -0.05) is 37.6 Å². The summed E-state index contributed by atoms with van der Waals surface area (Å²) in [5.74, 6) is -1.25. The normalized spacial score (nSPS) is 10.9. The molecule has 2 rings (SSSR count). The Bertz CT molecular complexity index is 738. The minimum Gasteiger partial charge on any atom is -0.480 e. The summed E-state index contributed by atoms with van der Waals surface area (Å²) in [6.45, 7) is 3.77. The van der Waals surface area contributed by atoms with Crippen LogP contribution in [-0.2, 0) is 18.4 Å². The summed E-state index contributed by atoms with van der Waals surface area (Å²) in [4.78, 5) is 25.2. The molecule has 0 fully saturated rings. The maximum atomic E-state index is 12.8. The molecule has 1 aromatic heterocycles. The van der Waals surface area contributed by atoms with Crippen LogP contribution in [0.5, 0.6) is 0 Å². The number of hydrogen-bond acceptors (Lipinski definition) is 3. The Hall–Kier alpha value is -2.34. The van der Waals surface area contributed by atoms with E-state index in [9.17, 15) is 9.59 Å². The van der Waals surface area contributed by atoms with Crippen LogP contribution in [0.15, 0.2) is 30.3 Å². The lowest BCUT2D eigenvalue weighted by molar-refractivity contribution is -0.137. The number of carboxylic acid groups (broad SMARTS) is 1. The van der Waals surface area contributed by atoms with Crippen LogP contribution < -0.4 is 0 Å². The molecule has 128 valence electrons. The third kappa shape index (κ3) is 4.35. The highest BCUT2D eigenvalue weighted by molar-refractivity contribution is 6.30. The van der Waals surface area contributed by atoms with Gasteiger partial charge in [-0.05, 0) is 29.7 Å². The highest BCUT2D eigenvalue weighted by Crippen LogP contribution is 2.17. The number of carbonyl (C=O) groups is 2. The average Bonchev–Trinajstić information content (AvgIpc) is 2.90. The maximum absolute atomic E-state index is 12.8. The Balaban J connectivity index is 2.28. The second-order valence-electron chi connectivity index (χ2n) is 5.91. The summed E-state index contributed by atoms with van der Waals surface area (Å²) >= 11 is 5.86. The van der Waals surface area contributed by atoms with Crippen molar-refractivity contribution in [3.8, 4) is 0 Å². The lowest BCUT2D eigenvalue weighted by atomic mass is 10.1. The van der Waals surface area contributed by atoms with Gasteiger partial charge in [0.25, 0.3) is 5.91 Å². The van der Waals surface area contributed by atoms with Crippen molar-refractivity contribution in [3.63, 3.8) is 0 Å². The largest absolute Gasteiger partial charge is 0.480 e. The molecule has 0 saturated carbocycles. The van der Waals surface area contributed by atoms with Gasteiger partial charge in [-0.25, -0.2) is 0 Å². The number of benzene rings is 1. The summed E-state index contributed by atoms with van der Waals surface area (Å²) in [6.07, 6.45) is 0. The number of carbonyl (C=O) groups excluding carboxylic acids is 1. The van der Waals surface area contributed by atoms with Crippen molar-refractivity contribution in [1.29, 1.82) is 0 Å². The standard InChI is InChI=1S/C17H20ClN3O3/c1-11(2)14-8-15(20(3)19-14)17(24)21(10-16(22)23)9-12-4-6-13(18)7-5-12/h4-8,11H,9-10H2,1-3H3,(H,22,23). The first-order valence-electron chi connectivity index (χ1n) is 7.57. The van der Waals surface area contributed by atoms with Crippen molar-refractivity contribution >= 4 is 23.5 Å². The van der Waals surface area contributed by atoms with Crippen molar-refractivity contribution in [2.24, 2.45) is 7.05 Å². The molecule has 0 saturated heterocycles. The maximum Gasteiger partial charge on any atom is 0.323 e. The third-order valence-electron chi connectivity index (χ3n) is 3.61. The molecule has 0 aliphatic rings. The van der Waals surface area contributed by atoms with E-state index >= 15 is 0 Å². The topological polar surface area (TPSA) is 75.4 Å². The zero-order valence-corrected chi connectivity index (χ0v) is 14.6. The molecule has 7 heteroatoms. The van der Waals surface area contributed by atoms with Gasteiger partial charge in [0, 0.05) is 18.6 Å². The molecule has 0 aliphatic heterocycles. The Morgan fingerprint density at radius 1 is 1.29 bits per heavy atom. The zero-order chi connectivity index (χ0) is 17.9. The van der Waals surface area contributed by atoms with Crippen LogP contribution in [0.1, 0.15) is 41.5 Å². The molecule has 1 heterocycles. The molecule has 6 nitrogen and oxygen atoms in total. The van der Waals surface area contributed by atoms with Crippen LogP contribution in [0, 0.1) is 0 Å². The highest BCUT2D eigenvalue weighted by atomic mass is 35.5. The van der Waals surface area contributed by atoms with Crippen molar-refractivity contribution in [2.75, 3.05) is 6.54 Å². The monoisotopic (exact) mass is 349 g/mol. The number of hydrogen-bond donors (Lipinski definition) is 1. The van der Waals surface area contributed by atoms with Gasteiger partial charge in [-0.3, -0.25) is 14.3 Å². The first-order valence-corrected chi connectivity index (χ1v) is 7.95. The van der Waals surface area contributed by atoms with E-state index in [1.165, 1.54) is 9.58 Å². The van der Waals surface area contributed by atoms with Gasteiger partial charge in [0.2, 0.25) is 0 Å². The molecule has 2 aromatic rings. The highest BCUT2D eigenvalue weighted by Gasteiger charge is 2.23. The van der Waals surface area contributed by atoms with Crippen molar-refractivity contribution in [2.45, 2.75) is 26.3 Å². The van der Waals surface area contributed by atoms with Crippen molar-refractivity contribution < 1.29 is 14.7 Å². The second kappa shape index (κ2) is 7.49. The number of halogens is 1. The van der Waals surface area contributed by atoms with Gasteiger partial charge in [-0.15, -0.1) is 0 Å². The lowest BCUT2D eigenvalue weighted by Crippen LogP contribution is -2.36. The first-order chi connectivity index (χ1) is 11.3. The van der Waals surface area contributed by atoms with Gasteiger partial charge < -0.3 is 10.0 Å². The predicted octanol–water partition coefficient (Wildman–Crippen LogP) is 2.92. The van der Waals surface area contributed by atoms with Gasteiger partial charge in [0.05, 0.1) is 5.69 Å². The Kier molecular flexibility index (Phi) is 5.62. The zero-order valence-electron chi connectivity index (χ0n) is 13.9. The molecule has 0 unspecified atom stereocenters. The molecule has 0 aliphatic carbocycles. The van der Waals surface area contributed by atoms with Crippen LogP contribution in [0.2, 0.25) is 5.02 Å². The average molecular weight is 350 g/mol. The number of aliphatic carboxylic acids is 1. The lowest BCUT2D eigenvalue weighted by Gasteiger charge is -2.20. The smallest absolute Gasteiger partial charge is 0.323 e. The number of rotatable bonds is 6. The summed E-state index contributed by atoms with van der Waals surface area (Å²) < 4.78 is 1.49. The fraction of sp³-hybridized carbons (Fsp3) is 0.353. The predicted molar refractivity (Wildman–Crippen MR) is 91.1 cm³/mol. The Morgan fingerprint density at radius 2 is 1.92 bits per heavy atom. The van der Waals surface area contributed by atoms with E-state index in [1.807, 2.05) is 13.8 Å². The molecule has 24 heavy (non-hydrogen) atoms. The summed E-state index contributed by atoms with van der Waals surface area (Å²) in [6, 6.07) is 8.67. The van der Waals surface area contributed by atoms with E-state index in [0.29, 0.717) is 10.7 Å². The fourth-order valence-corrected chi connectivity index (χ4v) is 2.43. The summed E-state index contributed by atoms with van der Waals surface area (Å²) in [7, 11) is 1.68. The fourth-order valence-electron chi connectivity index (χ4n) is 2.31. The number of aromatic nitrogens is 2. The number of nitrogens with zero attached hydrogens (tertiary/aromatic N) is 3. The quantitative estimate of drug-likeness (QED) is 0.870. The van der Waals surface area contributed by atoms with Crippen LogP contribution in [-0.4, -0.2) is 38.2 Å². The molecular weight excluding hydrogens is 330 g/mol. The first kappa shape index (κ1) is 18.0. The molecular formula is C17H20ClN3O3. The van der Waals surface area contributed by atoms with E-state index < -0.39 is 5.97 Å². The third-order valence-corrected chi connectivity index (χ3v) is 3.86. The minimum atomic E-state index is -1.07. The summed E-state index contributed by atoms with van der Waals surface area (Å²) in [5, 5.41) is 14.0. The van der Waals surface area contributed by atoms with E-state index in [1.54, 1.807) is 37.4 Å². The Labute approximate surface area is 145 Å². The van der Waals surface area contributed by atoms with Gasteiger partial charge in [-0.2, -0.15) is 5.10 Å². The number of aryl methyl sites for hydroxylation is 1. The van der Waals surface area contributed by atoms with Gasteiger partial charge in [0.15, 0.2) is 0 Å². The molecule has 1 amide bonds. The van der Waals surface area contributed by atoms with E-state index in [0.717, 1.165) is 11.3 Å². The molecule has 0 bridgehead atoms. The van der Waals surface area contributed by atoms with Crippen LogP contribution in [0.3, 0.4) is 0 Å². The number of amides is 1. The van der Waals surface area contributed by atoms with Gasteiger partial charge in [0.1, 0.15) is 12.2 Å². The minimum absolute atomic E-state index is 0.182.